The summed E-state index contributed by atoms with van der Waals surface area (Å²) < 4.78 is 13.9. The van der Waals surface area contributed by atoms with Gasteiger partial charge in [0, 0.05) is 36.7 Å². The first-order valence-electron chi connectivity index (χ1n) is 12.8. The van der Waals surface area contributed by atoms with E-state index in [1.807, 2.05) is 42.5 Å². The summed E-state index contributed by atoms with van der Waals surface area (Å²) >= 11 is 0. The summed E-state index contributed by atoms with van der Waals surface area (Å²) in [6.45, 7) is 4.15. The Morgan fingerprint density at radius 1 is 1.05 bits per heavy atom. The highest BCUT2D eigenvalue weighted by atomic mass is 16.5. The highest BCUT2D eigenvalue weighted by molar-refractivity contribution is 5.94. The largest absolute Gasteiger partial charge is 0.496 e. The smallest absolute Gasteiger partial charge is 0.275 e. The summed E-state index contributed by atoms with van der Waals surface area (Å²) in [6, 6.07) is 17.3. The predicted molar refractivity (Wildman–Crippen MR) is 146 cm³/mol. The van der Waals surface area contributed by atoms with Crippen molar-refractivity contribution in [3.8, 4) is 33.9 Å². The number of H-pyrrole nitrogens is 2. The number of para-hydroxylation sites is 2. The number of hydrogen-bond donors (Lipinski definition) is 2. The van der Waals surface area contributed by atoms with E-state index >= 15 is 0 Å². The van der Waals surface area contributed by atoms with E-state index in [-0.39, 0.29) is 22.9 Å². The first kappa shape index (κ1) is 22.8. The third kappa shape index (κ3) is 3.53. The van der Waals surface area contributed by atoms with Gasteiger partial charge in [0.25, 0.3) is 11.1 Å². The van der Waals surface area contributed by atoms with E-state index in [1.54, 1.807) is 23.9 Å². The zero-order valence-electron chi connectivity index (χ0n) is 21.2. The molecule has 2 N–H and O–H groups in total. The number of nitrogens with zero attached hydrogens (tertiary/aromatic N) is 3. The molecule has 7 rings (SSSR count). The molecule has 0 spiro atoms. The van der Waals surface area contributed by atoms with Gasteiger partial charge >= 0.3 is 0 Å². The van der Waals surface area contributed by atoms with Crippen LogP contribution in [0.5, 0.6) is 11.5 Å². The van der Waals surface area contributed by atoms with E-state index in [0.717, 1.165) is 29.8 Å². The maximum Gasteiger partial charge on any atom is 0.275 e. The molecule has 9 nitrogen and oxygen atoms in total. The average Bonchev–Trinajstić information content (AvgIpc) is 3.44. The van der Waals surface area contributed by atoms with Crippen LogP contribution >= 0.6 is 0 Å². The molecule has 3 atom stereocenters. The Balaban J connectivity index is 1.52. The fourth-order valence-electron chi connectivity index (χ4n) is 5.86. The van der Waals surface area contributed by atoms with Crippen LogP contribution in [0, 0.1) is 0 Å². The van der Waals surface area contributed by atoms with E-state index in [1.165, 1.54) is 0 Å². The van der Waals surface area contributed by atoms with Crippen molar-refractivity contribution in [1.29, 1.82) is 0 Å². The van der Waals surface area contributed by atoms with E-state index in [9.17, 15) is 9.59 Å². The van der Waals surface area contributed by atoms with Crippen LogP contribution in [0.1, 0.15) is 13.3 Å². The molecule has 4 heterocycles. The van der Waals surface area contributed by atoms with Gasteiger partial charge in [-0.1, -0.05) is 30.3 Å². The molecule has 5 aromatic rings. The molecule has 1 saturated heterocycles. The third-order valence-corrected chi connectivity index (χ3v) is 7.79. The fourth-order valence-corrected chi connectivity index (χ4v) is 5.86. The molecule has 9 heteroatoms. The zero-order chi connectivity index (χ0) is 26.0. The lowest BCUT2D eigenvalue weighted by Crippen LogP contribution is -2.33. The number of benzene rings is 3. The molecule has 2 aliphatic rings. The minimum absolute atomic E-state index is 0.0555. The van der Waals surface area contributed by atoms with Gasteiger partial charge in [-0.3, -0.25) is 24.3 Å². The lowest BCUT2D eigenvalue weighted by atomic mass is 10.0. The summed E-state index contributed by atoms with van der Waals surface area (Å²) in [6.07, 6.45) is 0.792. The van der Waals surface area contributed by atoms with Crippen molar-refractivity contribution >= 4 is 21.9 Å². The van der Waals surface area contributed by atoms with Crippen LogP contribution < -0.4 is 20.6 Å². The van der Waals surface area contributed by atoms with Crippen LogP contribution in [0.25, 0.3) is 44.3 Å². The first-order chi connectivity index (χ1) is 18.5. The van der Waals surface area contributed by atoms with Crippen LogP contribution in [0.3, 0.4) is 0 Å². The van der Waals surface area contributed by atoms with Gasteiger partial charge in [-0.2, -0.15) is 0 Å². The normalized spacial score (nSPS) is 20.6. The topological polar surface area (TPSA) is 105 Å². The van der Waals surface area contributed by atoms with Gasteiger partial charge in [0.2, 0.25) is 0 Å². The van der Waals surface area contributed by atoms with Crippen molar-refractivity contribution in [2.75, 3.05) is 20.2 Å². The minimum atomic E-state index is -0.338. The summed E-state index contributed by atoms with van der Waals surface area (Å²) in [5.74, 6) is 1.34. The number of methoxy groups -OCH3 is 1. The number of ether oxygens (including phenoxy) is 2. The molecule has 2 aromatic heterocycles. The molecule has 1 fully saturated rings. The quantitative estimate of drug-likeness (QED) is 0.375. The maximum atomic E-state index is 13.4. The van der Waals surface area contributed by atoms with Gasteiger partial charge in [0.05, 0.1) is 30.1 Å². The Morgan fingerprint density at radius 2 is 1.89 bits per heavy atom. The van der Waals surface area contributed by atoms with Crippen molar-refractivity contribution in [1.82, 2.24) is 24.6 Å². The van der Waals surface area contributed by atoms with Gasteiger partial charge in [-0.25, -0.2) is 4.98 Å². The molecule has 192 valence electrons. The molecular formula is C29H27N5O4. The Kier molecular flexibility index (Phi) is 5.16. The summed E-state index contributed by atoms with van der Waals surface area (Å²) in [5.41, 5.74) is 3.89. The number of fused-ring (bicyclic) bond motifs is 5. The van der Waals surface area contributed by atoms with Gasteiger partial charge in [-0.05, 0) is 36.8 Å². The highest BCUT2D eigenvalue weighted by Gasteiger charge is 2.31. The molecule has 38 heavy (non-hydrogen) atoms. The SMILES string of the molecule is COc1ccccc1-c1cc2c3nc(c(=O)[nH]c3c1)-c1cccc3c(=O)n([nH]c13)CCN1CC(C[C@H]1C)O2. The first-order valence-corrected chi connectivity index (χ1v) is 12.8. The number of aromatic nitrogens is 4. The zero-order valence-corrected chi connectivity index (χ0v) is 21.2. The summed E-state index contributed by atoms with van der Waals surface area (Å²) in [4.78, 5) is 36.8. The van der Waals surface area contributed by atoms with Crippen molar-refractivity contribution in [3.63, 3.8) is 0 Å². The molecule has 6 bridgehead atoms. The van der Waals surface area contributed by atoms with E-state index < -0.39 is 0 Å². The Morgan fingerprint density at radius 3 is 2.76 bits per heavy atom. The van der Waals surface area contributed by atoms with Crippen LogP contribution in [-0.2, 0) is 6.54 Å². The molecular weight excluding hydrogens is 482 g/mol. The van der Waals surface area contributed by atoms with E-state index in [4.69, 9.17) is 14.5 Å². The standard InChI is InChI=1S/C29H27N5O4/c1-16-12-18-15-33(16)10-11-34-29(36)21-8-5-7-20(25(21)32-34)26-28(35)30-22-13-17(14-24(38-18)27(22)31-26)19-6-3-4-9-23(19)37-2/h3-9,13-14,16,18,32H,10-12,15H2,1-2H3,(H,30,35)/t16-,18?/m1/s1. The second-order valence-electron chi connectivity index (χ2n) is 10.1. The molecule has 0 amide bonds. The van der Waals surface area contributed by atoms with Gasteiger partial charge < -0.3 is 14.5 Å². The van der Waals surface area contributed by atoms with Crippen molar-refractivity contribution < 1.29 is 9.47 Å². The highest BCUT2D eigenvalue weighted by Crippen LogP contribution is 2.37. The monoisotopic (exact) mass is 509 g/mol. The van der Waals surface area contributed by atoms with Crippen LogP contribution in [0.2, 0.25) is 0 Å². The lowest BCUT2D eigenvalue weighted by Gasteiger charge is -2.21. The van der Waals surface area contributed by atoms with Gasteiger partial charge in [0.1, 0.15) is 28.8 Å². The number of rotatable bonds is 2. The van der Waals surface area contributed by atoms with Crippen molar-refractivity contribution in [2.24, 2.45) is 0 Å². The van der Waals surface area contributed by atoms with Crippen molar-refractivity contribution in [3.05, 3.63) is 75.3 Å². The summed E-state index contributed by atoms with van der Waals surface area (Å²) in [7, 11) is 1.64. The van der Waals surface area contributed by atoms with E-state index in [0.29, 0.717) is 52.4 Å². The van der Waals surface area contributed by atoms with E-state index in [2.05, 4.69) is 21.9 Å². The number of aromatic amines is 2. The molecule has 2 aliphatic heterocycles. The average molecular weight is 510 g/mol. The lowest BCUT2D eigenvalue weighted by molar-refractivity contribution is 0.195. The Bertz CT molecular complexity index is 1840. The molecule has 2 unspecified atom stereocenters. The molecule has 0 aliphatic carbocycles. The number of hydrogen-bond acceptors (Lipinski definition) is 6. The van der Waals surface area contributed by atoms with Gasteiger partial charge in [0.15, 0.2) is 0 Å². The Hall–Kier alpha value is -4.37. The summed E-state index contributed by atoms with van der Waals surface area (Å²) in [5, 5.41) is 3.79. The predicted octanol–water partition coefficient (Wildman–Crippen LogP) is 3.76. The molecule has 0 radical (unpaired) electrons. The van der Waals surface area contributed by atoms with Crippen molar-refractivity contribution in [2.45, 2.75) is 32.0 Å². The maximum absolute atomic E-state index is 13.4. The van der Waals surface area contributed by atoms with Crippen LogP contribution in [0.15, 0.2) is 64.2 Å². The number of nitrogens with one attached hydrogen (secondary N) is 2. The van der Waals surface area contributed by atoms with Gasteiger partial charge in [-0.15, -0.1) is 0 Å². The molecule has 0 saturated carbocycles. The Labute approximate surface area is 217 Å². The second-order valence-corrected chi connectivity index (χ2v) is 10.1. The van der Waals surface area contributed by atoms with Crippen LogP contribution in [0.4, 0.5) is 0 Å². The third-order valence-electron chi connectivity index (χ3n) is 7.79. The fraction of sp³-hybridized carbons (Fsp3) is 0.276. The minimum Gasteiger partial charge on any atom is -0.496 e. The van der Waals surface area contributed by atoms with Crippen LogP contribution in [-0.4, -0.2) is 57.0 Å². The molecule has 3 aromatic carbocycles. The second kappa shape index (κ2) is 8.59.